The molecule has 1 aromatic rings. The number of aliphatic hydroxyl groups is 1. The number of hydrogen-bond donors (Lipinski definition) is 2. The third-order valence-electron chi connectivity index (χ3n) is 2.12. The van der Waals surface area contributed by atoms with E-state index in [1.54, 1.807) is 0 Å². The molecular formula is C10H12F3NO. The lowest BCUT2D eigenvalue weighted by Gasteiger charge is -2.16. The van der Waals surface area contributed by atoms with E-state index in [1.807, 2.05) is 0 Å². The molecule has 3 N–H and O–H groups in total. The Hall–Kier alpha value is -1.07. The van der Waals surface area contributed by atoms with Crippen LogP contribution in [-0.2, 0) is 6.18 Å². The molecular weight excluding hydrogens is 207 g/mol. The van der Waals surface area contributed by atoms with Gasteiger partial charge in [0.05, 0.1) is 17.7 Å². The quantitative estimate of drug-likeness (QED) is 0.800. The monoisotopic (exact) mass is 219 g/mol. The number of nitrogens with two attached hydrogens (primary N) is 1. The van der Waals surface area contributed by atoms with Crippen molar-refractivity contribution in [1.82, 2.24) is 0 Å². The highest BCUT2D eigenvalue weighted by Gasteiger charge is 2.30. The van der Waals surface area contributed by atoms with Gasteiger partial charge in [0.2, 0.25) is 0 Å². The van der Waals surface area contributed by atoms with Crippen LogP contribution in [0.4, 0.5) is 13.2 Å². The molecule has 0 aromatic heterocycles. The number of hydrogen-bond acceptors (Lipinski definition) is 2. The average Bonchev–Trinajstić information content (AvgIpc) is 2.15. The molecule has 84 valence electrons. The van der Waals surface area contributed by atoms with E-state index in [0.717, 1.165) is 12.1 Å². The van der Waals surface area contributed by atoms with Crippen LogP contribution in [0.15, 0.2) is 24.3 Å². The summed E-state index contributed by atoms with van der Waals surface area (Å²) in [6.45, 7) is 1.44. The number of benzene rings is 1. The molecule has 0 aliphatic carbocycles. The van der Waals surface area contributed by atoms with E-state index < -0.39 is 23.9 Å². The van der Waals surface area contributed by atoms with Crippen molar-refractivity contribution in [1.29, 1.82) is 0 Å². The van der Waals surface area contributed by atoms with Crippen LogP contribution in [0.5, 0.6) is 0 Å². The third kappa shape index (κ3) is 2.94. The van der Waals surface area contributed by atoms with Gasteiger partial charge in [-0.05, 0) is 24.6 Å². The second-order valence-electron chi connectivity index (χ2n) is 3.39. The molecule has 2 nitrogen and oxygen atoms in total. The van der Waals surface area contributed by atoms with Gasteiger partial charge < -0.3 is 10.8 Å². The first-order valence-electron chi connectivity index (χ1n) is 4.43. The summed E-state index contributed by atoms with van der Waals surface area (Å²) >= 11 is 0. The molecule has 2 atom stereocenters. The Morgan fingerprint density at radius 2 is 1.93 bits per heavy atom. The minimum absolute atomic E-state index is 0.278. The molecule has 0 radical (unpaired) electrons. The summed E-state index contributed by atoms with van der Waals surface area (Å²) in [4.78, 5) is 0. The Morgan fingerprint density at radius 1 is 1.33 bits per heavy atom. The molecule has 0 aliphatic heterocycles. The molecule has 1 aromatic carbocycles. The van der Waals surface area contributed by atoms with E-state index in [9.17, 15) is 13.2 Å². The topological polar surface area (TPSA) is 46.2 Å². The maximum Gasteiger partial charge on any atom is 0.416 e. The fourth-order valence-corrected chi connectivity index (χ4v) is 1.20. The average molecular weight is 219 g/mol. The van der Waals surface area contributed by atoms with Crippen molar-refractivity contribution < 1.29 is 18.3 Å². The van der Waals surface area contributed by atoms with Gasteiger partial charge >= 0.3 is 6.18 Å². The predicted octanol–water partition coefficient (Wildman–Crippen LogP) is 2.09. The lowest BCUT2D eigenvalue weighted by Crippen LogP contribution is -2.23. The number of aliphatic hydroxyl groups excluding tert-OH is 1. The highest BCUT2D eigenvalue weighted by atomic mass is 19.4. The van der Waals surface area contributed by atoms with E-state index in [0.29, 0.717) is 0 Å². The molecule has 0 amide bonds. The summed E-state index contributed by atoms with van der Waals surface area (Å²) in [5.74, 6) is 0. The smallest absolute Gasteiger partial charge is 0.391 e. The van der Waals surface area contributed by atoms with Crippen LogP contribution in [0.1, 0.15) is 24.1 Å². The van der Waals surface area contributed by atoms with Crippen LogP contribution in [0.3, 0.4) is 0 Å². The lowest BCUT2D eigenvalue weighted by molar-refractivity contribution is -0.137. The zero-order valence-electron chi connectivity index (χ0n) is 8.12. The molecule has 0 unspecified atom stereocenters. The van der Waals surface area contributed by atoms with Crippen LogP contribution in [-0.4, -0.2) is 11.2 Å². The van der Waals surface area contributed by atoms with Gasteiger partial charge in [0.1, 0.15) is 0 Å². The van der Waals surface area contributed by atoms with Gasteiger partial charge in [-0.25, -0.2) is 0 Å². The molecule has 0 fully saturated rings. The van der Waals surface area contributed by atoms with Crippen LogP contribution >= 0.6 is 0 Å². The summed E-state index contributed by atoms with van der Waals surface area (Å²) < 4.78 is 37.0. The van der Waals surface area contributed by atoms with E-state index in [-0.39, 0.29) is 5.56 Å². The van der Waals surface area contributed by atoms with Gasteiger partial charge in [0, 0.05) is 0 Å². The summed E-state index contributed by atoms with van der Waals surface area (Å²) in [7, 11) is 0. The van der Waals surface area contributed by atoms with E-state index in [1.165, 1.54) is 19.1 Å². The summed E-state index contributed by atoms with van der Waals surface area (Å²) in [6, 6.07) is 3.87. The first kappa shape index (κ1) is 12.0. The van der Waals surface area contributed by atoms with Crippen molar-refractivity contribution in [2.75, 3.05) is 0 Å². The Morgan fingerprint density at radius 3 is 2.40 bits per heavy atom. The Balaban J connectivity index is 3.03. The number of alkyl halides is 3. The Kier molecular flexibility index (Phi) is 3.36. The Bertz CT molecular complexity index is 336. The minimum atomic E-state index is -4.38. The van der Waals surface area contributed by atoms with Gasteiger partial charge in [0.25, 0.3) is 0 Å². The predicted molar refractivity (Wildman–Crippen MR) is 50.1 cm³/mol. The van der Waals surface area contributed by atoms with Crippen molar-refractivity contribution >= 4 is 0 Å². The molecule has 0 saturated carbocycles. The van der Waals surface area contributed by atoms with Gasteiger partial charge in [-0.15, -0.1) is 0 Å². The number of halogens is 3. The van der Waals surface area contributed by atoms with E-state index in [4.69, 9.17) is 10.8 Å². The molecule has 0 saturated heterocycles. The maximum absolute atomic E-state index is 12.3. The third-order valence-corrected chi connectivity index (χ3v) is 2.12. The van der Waals surface area contributed by atoms with Crippen molar-refractivity contribution in [2.24, 2.45) is 5.73 Å². The molecule has 0 spiro atoms. The van der Waals surface area contributed by atoms with Crippen LogP contribution in [0.2, 0.25) is 0 Å². The SMILES string of the molecule is C[C@@H](O)[C@@H](N)c1cccc(C(F)(F)F)c1. The van der Waals surface area contributed by atoms with Gasteiger partial charge in [-0.1, -0.05) is 12.1 Å². The molecule has 0 aliphatic rings. The second-order valence-corrected chi connectivity index (χ2v) is 3.39. The van der Waals surface area contributed by atoms with Gasteiger partial charge in [-0.2, -0.15) is 13.2 Å². The zero-order chi connectivity index (χ0) is 11.6. The molecule has 0 heterocycles. The van der Waals surface area contributed by atoms with Crippen molar-refractivity contribution in [3.63, 3.8) is 0 Å². The van der Waals surface area contributed by atoms with Crippen LogP contribution < -0.4 is 5.73 Å². The summed E-state index contributed by atoms with van der Waals surface area (Å²) in [6.07, 6.45) is -5.26. The molecule has 0 bridgehead atoms. The highest BCUT2D eigenvalue weighted by molar-refractivity contribution is 5.28. The van der Waals surface area contributed by atoms with Gasteiger partial charge in [-0.3, -0.25) is 0 Å². The Labute approximate surface area is 85.5 Å². The fourth-order valence-electron chi connectivity index (χ4n) is 1.20. The molecule has 5 heteroatoms. The van der Waals surface area contributed by atoms with E-state index >= 15 is 0 Å². The van der Waals surface area contributed by atoms with E-state index in [2.05, 4.69) is 0 Å². The first-order chi connectivity index (χ1) is 6.82. The molecule has 15 heavy (non-hydrogen) atoms. The van der Waals surface area contributed by atoms with Crippen LogP contribution in [0.25, 0.3) is 0 Å². The maximum atomic E-state index is 12.3. The summed E-state index contributed by atoms with van der Waals surface area (Å²) in [5.41, 5.74) is 5.06. The van der Waals surface area contributed by atoms with Gasteiger partial charge in [0.15, 0.2) is 0 Å². The minimum Gasteiger partial charge on any atom is -0.391 e. The van der Waals surface area contributed by atoms with Crippen molar-refractivity contribution in [3.05, 3.63) is 35.4 Å². The fraction of sp³-hybridized carbons (Fsp3) is 0.400. The van der Waals surface area contributed by atoms with Crippen LogP contribution in [0, 0.1) is 0 Å². The summed E-state index contributed by atoms with van der Waals surface area (Å²) in [5, 5.41) is 9.16. The lowest BCUT2D eigenvalue weighted by atomic mass is 10.0. The van der Waals surface area contributed by atoms with Crippen molar-refractivity contribution in [3.8, 4) is 0 Å². The highest BCUT2D eigenvalue weighted by Crippen LogP contribution is 2.30. The van der Waals surface area contributed by atoms with Crippen molar-refractivity contribution in [2.45, 2.75) is 25.2 Å². The zero-order valence-corrected chi connectivity index (χ0v) is 8.12. The second kappa shape index (κ2) is 4.20. The largest absolute Gasteiger partial charge is 0.416 e. The first-order valence-corrected chi connectivity index (χ1v) is 4.43. The standard InChI is InChI=1S/C10H12F3NO/c1-6(15)9(14)7-3-2-4-8(5-7)10(11,12)13/h2-6,9,15H,14H2,1H3/t6-,9-/m1/s1. The normalized spacial score (nSPS) is 16.1. The number of rotatable bonds is 2. The molecule has 1 rings (SSSR count).